The zero-order valence-electron chi connectivity index (χ0n) is 16.3. The summed E-state index contributed by atoms with van der Waals surface area (Å²) in [5.41, 5.74) is 0.337. The molecule has 0 aromatic heterocycles. The normalized spacial score (nSPS) is 10.4. The fraction of sp³-hybridized carbons (Fsp3) is 0.316. The summed E-state index contributed by atoms with van der Waals surface area (Å²) < 4.78 is 26.4. The Hall–Kier alpha value is -1.70. The van der Waals surface area contributed by atoms with E-state index in [-0.39, 0.29) is 33.0 Å². The average molecular weight is 385 g/mol. The molecule has 141 valence electrons. The fourth-order valence-electron chi connectivity index (χ4n) is 2.30. The van der Waals surface area contributed by atoms with Crippen LogP contribution >= 0.6 is 8.58 Å². The smallest absolute Gasteiger partial charge is 0.193 e. The van der Waals surface area contributed by atoms with Crippen LogP contribution in [-0.2, 0) is 4.74 Å². The number of methoxy groups -OCH3 is 4. The van der Waals surface area contributed by atoms with Gasteiger partial charge in [0.1, 0.15) is 35.2 Å². The van der Waals surface area contributed by atoms with Gasteiger partial charge in [-0.2, -0.15) is 0 Å². The van der Waals surface area contributed by atoms with E-state index < -0.39 is 0 Å². The Morgan fingerprint density at radius 3 is 1.93 bits per heavy atom. The molecule has 0 saturated heterocycles. The molecule has 0 N–H and O–H groups in total. The summed E-state index contributed by atoms with van der Waals surface area (Å²) in [5, 5.41) is 0.897. The monoisotopic (exact) mass is 385 g/mol. The van der Waals surface area contributed by atoms with E-state index in [9.17, 15) is 4.79 Å². The summed E-state index contributed by atoms with van der Waals surface area (Å²) in [7, 11) is 6.13. The third-order valence-corrected chi connectivity index (χ3v) is 4.71. The van der Waals surface area contributed by atoms with Crippen LogP contribution in [0.2, 0.25) is 0 Å². The molecular weight excluding hydrogens is 362 g/mol. The molecule has 0 aliphatic carbocycles. The van der Waals surface area contributed by atoms with Gasteiger partial charge in [0.15, 0.2) is 5.52 Å². The van der Waals surface area contributed by atoms with Crippen molar-refractivity contribution in [3.8, 4) is 23.0 Å². The van der Waals surface area contributed by atoms with Crippen molar-refractivity contribution >= 4 is 38.3 Å². The van der Waals surface area contributed by atoms with E-state index in [1.54, 1.807) is 26.4 Å². The minimum atomic E-state index is -0.0746. The molecule has 0 saturated carbocycles. The molecule has 0 bridgehead atoms. The number of carbonyl (C=O) groups is 1. The van der Waals surface area contributed by atoms with E-state index in [0.29, 0.717) is 36.0 Å². The molecule has 2 rings (SSSR count). The maximum absolute atomic E-state index is 12.8. The van der Waals surface area contributed by atoms with Crippen molar-refractivity contribution in [1.29, 1.82) is 0 Å². The van der Waals surface area contributed by atoms with Crippen LogP contribution in [0.25, 0.3) is 0 Å². The van der Waals surface area contributed by atoms with Crippen LogP contribution in [0.4, 0.5) is 0 Å². The maximum Gasteiger partial charge on any atom is 0.193 e. The molecule has 0 fully saturated rings. The van der Waals surface area contributed by atoms with E-state index in [2.05, 4.69) is 0 Å². The SMILES string of the molecule is COCCOc1ccc(PC(=O)c2c(OC)cc(OC)cc2OC)cc1.[Li]. The largest absolute Gasteiger partial charge is 0.496 e. The number of hydrogen-bond acceptors (Lipinski definition) is 6. The number of rotatable bonds is 10. The minimum absolute atomic E-state index is 0. The van der Waals surface area contributed by atoms with Gasteiger partial charge < -0.3 is 23.7 Å². The van der Waals surface area contributed by atoms with Crippen LogP contribution in [0.15, 0.2) is 36.4 Å². The van der Waals surface area contributed by atoms with E-state index in [1.807, 2.05) is 24.3 Å². The minimum Gasteiger partial charge on any atom is -0.496 e. The Morgan fingerprint density at radius 2 is 1.44 bits per heavy atom. The number of carbonyl (C=O) groups excluding carboxylic acids is 1. The average Bonchev–Trinajstić information content (AvgIpc) is 2.68. The molecule has 0 amide bonds. The molecule has 1 radical (unpaired) electrons. The summed E-state index contributed by atoms with van der Waals surface area (Å²) >= 11 is 0. The van der Waals surface area contributed by atoms with Gasteiger partial charge in [-0.3, -0.25) is 4.79 Å². The summed E-state index contributed by atoms with van der Waals surface area (Å²) in [4.78, 5) is 12.8. The molecule has 8 heteroatoms. The van der Waals surface area contributed by atoms with Gasteiger partial charge >= 0.3 is 0 Å². The van der Waals surface area contributed by atoms with Crippen molar-refractivity contribution < 1.29 is 28.5 Å². The Bertz CT molecular complexity index is 710. The van der Waals surface area contributed by atoms with Crippen molar-refractivity contribution in [2.75, 3.05) is 41.7 Å². The van der Waals surface area contributed by atoms with Gasteiger partial charge in [0.05, 0.1) is 27.9 Å². The Labute approximate surface area is 173 Å². The predicted molar refractivity (Wildman–Crippen MR) is 108 cm³/mol. The number of hydrogen-bond donors (Lipinski definition) is 0. The third kappa shape index (κ3) is 6.44. The van der Waals surface area contributed by atoms with Crippen LogP contribution < -0.4 is 24.3 Å². The summed E-state index contributed by atoms with van der Waals surface area (Å²) in [6, 6.07) is 10.8. The molecule has 6 nitrogen and oxygen atoms in total. The van der Waals surface area contributed by atoms with Crippen LogP contribution in [0, 0.1) is 0 Å². The van der Waals surface area contributed by atoms with Gasteiger partial charge in [0.2, 0.25) is 0 Å². The van der Waals surface area contributed by atoms with Crippen molar-refractivity contribution in [3.63, 3.8) is 0 Å². The molecule has 0 heterocycles. The molecular formula is C19H23LiO6P. The molecule has 1 atom stereocenters. The molecule has 1 unspecified atom stereocenters. The van der Waals surface area contributed by atoms with Crippen molar-refractivity contribution in [1.82, 2.24) is 0 Å². The van der Waals surface area contributed by atoms with E-state index in [4.69, 9.17) is 23.7 Å². The van der Waals surface area contributed by atoms with Gasteiger partial charge in [-0.05, 0) is 26.0 Å². The van der Waals surface area contributed by atoms with Gasteiger partial charge in [0, 0.05) is 38.1 Å². The molecule has 0 aliphatic rings. The van der Waals surface area contributed by atoms with Crippen LogP contribution in [0.1, 0.15) is 10.4 Å². The summed E-state index contributed by atoms with van der Waals surface area (Å²) in [5.74, 6) is 2.16. The Morgan fingerprint density at radius 1 is 0.852 bits per heavy atom. The second-order valence-electron chi connectivity index (χ2n) is 5.23. The van der Waals surface area contributed by atoms with Gasteiger partial charge in [-0.1, -0.05) is 12.1 Å². The van der Waals surface area contributed by atoms with Gasteiger partial charge in [0.25, 0.3) is 0 Å². The standard InChI is InChI=1S/C19H23O6P.Li/c1-21-9-10-25-13-5-7-15(8-6-13)26-19(20)18-16(23-3)11-14(22-2)12-17(18)24-4;/h5-8,11-12,26H,9-10H2,1-4H3;. The molecule has 27 heavy (non-hydrogen) atoms. The van der Waals surface area contributed by atoms with Crippen LogP contribution in [-0.4, -0.2) is 66.0 Å². The second-order valence-corrected chi connectivity index (χ2v) is 6.51. The fourth-order valence-corrected chi connectivity index (χ4v) is 3.27. The van der Waals surface area contributed by atoms with Crippen molar-refractivity contribution in [2.45, 2.75) is 0 Å². The van der Waals surface area contributed by atoms with E-state index in [0.717, 1.165) is 11.1 Å². The molecule has 0 spiro atoms. The topological polar surface area (TPSA) is 63.2 Å². The Kier molecular flexibility index (Phi) is 10.3. The van der Waals surface area contributed by atoms with Gasteiger partial charge in [-0.25, -0.2) is 0 Å². The van der Waals surface area contributed by atoms with Crippen molar-refractivity contribution in [2.24, 2.45) is 0 Å². The first-order chi connectivity index (χ1) is 12.6. The van der Waals surface area contributed by atoms with E-state index in [1.165, 1.54) is 14.2 Å². The third-order valence-electron chi connectivity index (χ3n) is 3.61. The summed E-state index contributed by atoms with van der Waals surface area (Å²) in [6.45, 7) is 1.01. The van der Waals surface area contributed by atoms with Gasteiger partial charge in [-0.15, -0.1) is 0 Å². The molecule has 2 aromatic rings. The second kappa shape index (κ2) is 11.9. The zero-order valence-corrected chi connectivity index (χ0v) is 17.3. The first-order valence-electron chi connectivity index (χ1n) is 7.96. The number of benzene rings is 2. The predicted octanol–water partition coefficient (Wildman–Crippen LogP) is 2.50. The first-order valence-corrected chi connectivity index (χ1v) is 8.96. The maximum atomic E-state index is 12.8. The zero-order chi connectivity index (χ0) is 18.9. The number of ether oxygens (including phenoxy) is 5. The van der Waals surface area contributed by atoms with E-state index >= 15 is 0 Å². The quantitative estimate of drug-likeness (QED) is 0.356. The molecule has 0 aliphatic heterocycles. The summed E-state index contributed by atoms with van der Waals surface area (Å²) in [6.07, 6.45) is 0. The first kappa shape index (κ1) is 23.3. The molecule has 2 aromatic carbocycles. The van der Waals surface area contributed by atoms with Crippen LogP contribution in [0.3, 0.4) is 0 Å². The Balaban J connectivity index is 0.00000364. The van der Waals surface area contributed by atoms with Crippen molar-refractivity contribution in [3.05, 3.63) is 42.0 Å². The van der Waals surface area contributed by atoms with Crippen LogP contribution in [0.5, 0.6) is 23.0 Å².